The Morgan fingerprint density at radius 3 is 2.72 bits per heavy atom. The molecule has 2 heterocycles. The van der Waals surface area contributed by atoms with Gasteiger partial charge in [-0.05, 0) is 12.8 Å². The molecular weight excluding hydrogens is 262 g/mol. The highest BCUT2D eigenvalue weighted by atomic mass is 35.5. The van der Waals surface area contributed by atoms with Crippen molar-refractivity contribution in [3.63, 3.8) is 0 Å². The number of piperidine rings is 1. The zero-order valence-corrected chi connectivity index (χ0v) is 10.7. The Morgan fingerprint density at radius 1 is 1.39 bits per heavy atom. The van der Waals surface area contributed by atoms with Gasteiger partial charge in [0.05, 0.1) is 18.9 Å². The molecule has 0 aromatic carbocycles. The van der Waals surface area contributed by atoms with Crippen molar-refractivity contribution >= 4 is 17.4 Å². The average molecular weight is 277 g/mol. The number of anilines is 1. The molecule has 0 spiro atoms. The SMILES string of the molecule is Fc1cnc(N2CCC(OCCCl)CC2)c(F)c1. The largest absolute Gasteiger partial charge is 0.377 e. The molecule has 0 bridgehead atoms. The fourth-order valence-corrected chi connectivity index (χ4v) is 2.17. The number of alkyl halides is 1. The van der Waals surface area contributed by atoms with E-state index in [9.17, 15) is 8.78 Å². The molecule has 0 radical (unpaired) electrons. The van der Waals surface area contributed by atoms with Gasteiger partial charge in [0.1, 0.15) is 5.82 Å². The third kappa shape index (κ3) is 3.29. The van der Waals surface area contributed by atoms with E-state index in [2.05, 4.69) is 4.98 Å². The van der Waals surface area contributed by atoms with Gasteiger partial charge in [-0.1, -0.05) is 0 Å². The standard InChI is InChI=1S/C12H15ClF2N2O/c13-3-6-18-10-1-4-17(5-2-10)12-11(15)7-9(14)8-16-12/h7-8,10H,1-6H2. The van der Waals surface area contributed by atoms with Crippen LogP contribution in [0.4, 0.5) is 14.6 Å². The summed E-state index contributed by atoms with van der Waals surface area (Å²) in [4.78, 5) is 5.62. The highest BCUT2D eigenvalue weighted by Crippen LogP contribution is 2.22. The van der Waals surface area contributed by atoms with Crippen molar-refractivity contribution in [1.82, 2.24) is 4.98 Å². The maximum absolute atomic E-state index is 13.5. The lowest BCUT2D eigenvalue weighted by atomic mass is 10.1. The van der Waals surface area contributed by atoms with Gasteiger partial charge in [0, 0.05) is 25.0 Å². The van der Waals surface area contributed by atoms with Crippen LogP contribution in [-0.2, 0) is 4.74 Å². The molecule has 100 valence electrons. The van der Waals surface area contributed by atoms with Gasteiger partial charge >= 0.3 is 0 Å². The summed E-state index contributed by atoms with van der Waals surface area (Å²) in [5.41, 5.74) is 0. The maximum Gasteiger partial charge on any atom is 0.168 e. The molecule has 18 heavy (non-hydrogen) atoms. The molecule has 0 saturated carbocycles. The van der Waals surface area contributed by atoms with Crippen LogP contribution in [0.3, 0.4) is 0 Å². The minimum Gasteiger partial charge on any atom is -0.377 e. The number of ether oxygens (including phenoxy) is 1. The lowest BCUT2D eigenvalue weighted by Gasteiger charge is -2.32. The monoisotopic (exact) mass is 276 g/mol. The van der Waals surface area contributed by atoms with E-state index in [-0.39, 0.29) is 11.9 Å². The minimum absolute atomic E-state index is 0.170. The second-order valence-electron chi connectivity index (χ2n) is 4.21. The molecule has 0 N–H and O–H groups in total. The van der Waals surface area contributed by atoms with Crippen molar-refractivity contribution in [1.29, 1.82) is 0 Å². The Bertz CT molecular complexity index is 398. The zero-order chi connectivity index (χ0) is 13.0. The van der Waals surface area contributed by atoms with Gasteiger partial charge in [0.2, 0.25) is 0 Å². The Labute approximate surface area is 110 Å². The van der Waals surface area contributed by atoms with Crippen molar-refractivity contribution in [2.24, 2.45) is 0 Å². The Morgan fingerprint density at radius 2 is 2.11 bits per heavy atom. The molecule has 1 aromatic heterocycles. The summed E-state index contributed by atoms with van der Waals surface area (Å²) in [6.07, 6.45) is 2.81. The second-order valence-corrected chi connectivity index (χ2v) is 4.58. The minimum atomic E-state index is -0.656. The van der Waals surface area contributed by atoms with Crippen molar-refractivity contribution in [2.75, 3.05) is 30.5 Å². The van der Waals surface area contributed by atoms with E-state index in [0.29, 0.717) is 25.6 Å². The number of hydrogen-bond donors (Lipinski definition) is 0. The van der Waals surface area contributed by atoms with E-state index in [0.717, 1.165) is 25.1 Å². The molecule has 1 fully saturated rings. The van der Waals surface area contributed by atoms with Crippen molar-refractivity contribution in [3.8, 4) is 0 Å². The summed E-state index contributed by atoms with van der Waals surface area (Å²) < 4.78 is 31.8. The van der Waals surface area contributed by atoms with Gasteiger partial charge in [0.15, 0.2) is 11.6 Å². The van der Waals surface area contributed by atoms with Crippen LogP contribution in [-0.4, -0.2) is 36.7 Å². The summed E-state index contributed by atoms with van der Waals surface area (Å²) in [7, 11) is 0. The maximum atomic E-state index is 13.5. The first kappa shape index (κ1) is 13.5. The first-order valence-corrected chi connectivity index (χ1v) is 6.47. The van der Waals surface area contributed by atoms with E-state index in [1.54, 1.807) is 0 Å². The predicted octanol–water partition coefficient (Wildman–Crippen LogP) is 2.58. The Balaban J connectivity index is 1.93. The summed E-state index contributed by atoms with van der Waals surface area (Å²) in [5.74, 6) is -0.576. The molecule has 1 aliphatic rings. The van der Waals surface area contributed by atoms with Gasteiger partial charge in [-0.2, -0.15) is 0 Å². The van der Waals surface area contributed by atoms with E-state index < -0.39 is 11.6 Å². The van der Waals surface area contributed by atoms with E-state index in [1.165, 1.54) is 0 Å². The van der Waals surface area contributed by atoms with Gasteiger partial charge in [-0.3, -0.25) is 0 Å². The van der Waals surface area contributed by atoms with Gasteiger partial charge < -0.3 is 9.64 Å². The zero-order valence-electron chi connectivity index (χ0n) is 9.91. The van der Waals surface area contributed by atoms with Crippen LogP contribution in [0.2, 0.25) is 0 Å². The van der Waals surface area contributed by atoms with Gasteiger partial charge in [-0.15, -0.1) is 11.6 Å². The summed E-state index contributed by atoms with van der Waals surface area (Å²) in [6.45, 7) is 1.85. The van der Waals surface area contributed by atoms with Crippen LogP contribution in [0.1, 0.15) is 12.8 Å². The van der Waals surface area contributed by atoms with Crippen LogP contribution in [0, 0.1) is 11.6 Å². The third-order valence-corrected chi connectivity index (χ3v) is 3.11. The number of halogens is 3. The smallest absolute Gasteiger partial charge is 0.168 e. The van der Waals surface area contributed by atoms with Gasteiger partial charge in [-0.25, -0.2) is 13.8 Å². The van der Waals surface area contributed by atoms with Crippen molar-refractivity contribution in [2.45, 2.75) is 18.9 Å². The fraction of sp³-hybridized carbons (Fsp3) is 0.583. The van der Waals surface area contributed by atoms with Crippen LogP contribution in [0.5, 0.6) is 0 Å². The average Bonchev–Trinajstić information content (AvgIpc) is 2.37. The number of rotatable bonds is 4. The Hall–Kier alpha value is -0.940. The van der Waals surface area contributed by atoms with Crippen molar-refractivity contribution < 1.29 is 13.5 Å². The van der Waals surface area contributed by atoms with Gasteiger partial charge in [0.25, 0.3) is 0 Å². The second kappa shape index (κ2) is 6.29. The predicted molar refractivity (Wildman–Crippen MR) is 66.1 cm³/mol. The molecule has 1 saturated heterocycles. The first-order valence-electron chi connectivity index (χ1n) is 5.94. The molecule has 0 atom stereocenters. The highest BCUT2D eigenvalue weighted by molar-refractivity contribution is 6.17. The molecule has 0 amide bonds. The first-order chi connectivity index (χ1) is 8.70. The van der Waals surface area contributed by atoms with Crippen LogP contribution in [0.15, 0.2) is 12.3 Å². The van der Waals surface area contributed by atoms with E-state index in [4.69, 9.17) is 16.3 Å². The highest BCUT2D eigenvalue weighted by Gasteiger charge is 2.22. The number of hydrogen-bond acceptors (Lipinski definition) is 3. The van der Waals surface area contributed by atoms with Crippen LogP contribution in [0.25, 0.3) is 0 Å². The third-order valence-electron chi connectivity index (χ3n) is 2.96. The topological polar surface area (TPSA) is 25.4 Å². The van der Waals surface area contributed by atoms with E-state index in [1.807, 2.05) is 4.90 Å². The van der Waals surface area contributed by atoms with Crippen LogP contribution >= 0.6 is 11.6 Å². The number of nitrogens with zero attached hydrogens (tertiary/aromatic N) is 2. The summed E-state index contributed by atoms with van der Waals surface area (Å²) in [5, 5.41) is 0. The molecule has 0 aliphatic carbocycles. The molecule has 1 aliphatic heterocycles. The molecular formula is C12H15ClF2N2O. The summed E-state index contributed by atoms with van der Waals surface area (Å²) >= 11 is 5.55. The number of aromatic nitrogens is 1. The molecule has 1 aromatic rings. The summed E-state index contributed by atoms with van der Waals surface area (Å²) in [6, 6.07) is 0.860. The molecule has 0 unspecified atom stereocenters. The molecule has 3 nitrogen and oxygen atoms in total. The normalized spacial score (nSPS) is 17.2. The number of pyridine rings is 1. The van der Waals surface area contributed by atoms with E-state index >= 15 is 0 Å². The Kier molecular flexibility index (Phi) is 4.72. The lowest BCUT2D eigenvalue weighted by molar-refractivity contribution is 0.0470. The lowest BCUT2D eigenvalue weighted by Crippen LogP contribution is -2.38. The van der Waals surface area contributed by atoms with Crippen molar-refractivity contribution in [3.05, 3.63) is 23.9 Å². The fourth-order valence-electron chi connectivity index (χ4n) is 2.09. The van der Waals surface area contributed by atoms with Crippen LogP contribution < -0.4 is 4.90 Å². The molecule has 6 heteroatoms. The quantitative estimate of drug-likeness (QED) is 0.791. The molecule has 2 rings (SSSR count).